The van der Waals surface area contributed by atoms with E-state index in [0.717, 1.165) is 5.04 Å². The summed E-state index contributed by atoms with van der Waals surface area (Å²) in [7, 11) is 0. The van der Waals surface area contributed by atoms with Crippen LogP contribution in [-0.2, 0) is 0 Å². The van der Waals surface area contributed by atoms with Crippen LogP contribution in [0.3, 0.4) is 0 Å². The van der Waals surface area contributed by atoms with Gasteiger partial charge in [0.25, 0.3) is 0 Å². The molecule has 0 aliphatic carbocycles. The second kappa shape index (κ2) is 50.2. The molecule has 4 nitrogen and oxygen atoms in total. The molecule has 0 aromatic heterocycles. The predicted octanol–water partition coefficient (Wildman–Crippen LogP) is -0.252. The van der Waals surface area contributed by atoms with Crippen molar-refractivity contribution < 1.29 is 0 Å². The lowest BCUT2D eigenvalue weighted by Crippen LogP contribution is -1.26. The van der Waals surface area contributed by atoms with E-state index in [1.165, 1.54) is 0 Å². The highest BCUT2D eigenvalue weighted by molar-refractivity contribution is 3.93. The first-order valence-corrected chi connectivity index (χ1v) is 0.365. The van der Waals surface area contributed by atoms with Gasteiger partial charge in [-0.15, -0.1) is 0 Å². The maximum atomic E-state index is 8.00. The molecule has 4 heavy (non-hydrogen) atoms. The minimum absolute atomic E-state index is 0. The third-order valence-corrected chi connectivity index (χ3v) is 0. The molecule has 0 fully saturated rings. The standard InChI is InChI=1S/NO2.H3N/c2-1-3;/h;1H3/q+1;. The van der Waals surface area contributed by atoms with Crippen LogP contribution < -0.4 is 11.2 Å². The monoisotopic (exact) mass is 63.0 g/mol. The lowest BCUT2D eigenvalue weighted by molar-refractivity contribution is 1.58. The van der Waals surface area contributed by atoms with E-state index < -0.39 is 0 Å². The second-order valence-electron chi connectivity index (χ2n) is 0.0745. The summed E-state index contributed by atoms with van der Waals surface area (Å²) in [6, 6.07) is 0. The average Bonchev–Trinajstić information content (AvgIpc) is 0.918. The normalized spacial score (nSPS) is 2.00. The van der Waals surface area contributed by atoms with E-state index >= 15 is 0 Å². The molecule has 0 bridgehead atoms. The number of nitrogens with zero attached hydrogens (tertiary/aromatic N) is 1. The molecule has 0 rings (SSSR count). The molecule has 0 heterocycles. The van der Waals surface area contributed by atoms with Gasteiger partial charge in [-0.25, -0.2) is 0 Å². The largest absolute Gasteiger partial charge is 0.569 e. The summed E-state index contributed by atoms with van der Waals surface area (Å²) in [5.41, 5.74) is 0. The van der Waals surface area contributed by atoms with Crippen molar-refractivity contribution in [3.63, 3.8) is 0 Å². The van der Waals surface area contributed by atoms with Crippen molar-refractivity contribution in [1.29, 1.82) is 0 Å². The average molecular weight is 63.0 g/mol. The van der Waals surface area contributed by atoms with Crippen LogP contribution in [0, 0.1) is 9.81 Å². The van der Waals surface area contributed by atoms with Crippen LogP contribution in [0.2, 0.25) is 0 Å². The fraction of sp³-hybridized carbons (Fsp3) is 0. The highest BCUT2D eigenvalue weighted by Crippen LogP contribution is 0.810. The Morgan fingerprint density at radius 2 is 1.25 bits per heavy atom. The van der Waals surface area contributed by atoms with Crippen LogP contribution >= 0.6 is 0 Å². The minimum atomic E-state index is 0. The maximum Gasteiger partial charge on any atom is 0.569 e. The topological polar surface area (TPSA) is 83.2 Å². The first kappa shape index (κ1) is 10.4. The number of hydrogen-bond donors (Lipinski definition) is 1. The summed E-state index contributed by atoms with van der Waals surface area (Å²) < 4.78 is 0. The molecule has 0 aromatic rings. The van der Waals surface area contributed by atoms with Crippen LogP contribution in [0.5, 0.6) is 0 Å². The number of hydrogen-bond acceptors (Lipinski definition) is 3. The van der Waals surface area contributed by atoms with Gasteiger partial charge < -0.3 is 6.15 Å². The van der Waals surface area contributed by atoms with E-state index in [4.69, 9.17) is 9.81 Å². The van der Waals surface area contributed by atoms with Crippen molar-refractivity contribution in [2.24, 2.45) is 0 Å². The summed E-state index contributed by atoms with van der Waals surface area (Å²) in [6.45, 7) is 0. The Morgan fingerprint density at radius 1 is 1.25 bits per heavy atom. The van der Waals surface area contributed by atoms with E-state index in [1.54, 1.807) is 0 Å². The van der Waals surface area contributed by atoms with Crippen LogP contribution in [0.25, 0.3) is 0 Å². The molecule has 0 unspecified atom stereocenters. The Morgan fingerprint density at radius 3 is 1.25 bits per heavy atom. The zero-order valence-electron chi connectivity index (χ0n) is 1.97. The Hall–Kier alpha value is -0.730. The van der Waals surface area contributed by atoms with Gasteiger partial charge in [0, 0.05) is 0 Å². The Bertz CT molecular complexity index is 25.0. The van der Waals surface area contributed by atoms with E-state index in [0.29, 0.717) is 0 Å². The fourth-order valence-electron chi connectivity index (χ4n) is 0. The van der Waals surface area contributed by atoms with Gasteiger partial charge in [-0.2, -0.15) is 0 Å². The highest BCUT2D eigenvalue weighted by Gasteiger charge is 1.41. The fourth-order valence-corrected chi connectivity index (χ4v) is 0. The quantitative estimate of drug-likeness (QED) is 0.393. The molecule has 0 spiro atoms. The molecular formula is H3N2O2+. The third-order valence-electron chi connectivity index (χ3n) is 0. The maximum absolute atomic E-state index is 8.00. The second-order valence-corrected chi connectivity index (χ2v) is 0.0745. The van der Waals surface area contributed by atoms with Crippen molar-refractivity contribution in [3.8, 4) is 0 Å². The molecule has 0 radical (unpaired) electrons. The molecule has 3 N–H and O–H groups in total. The Kier molecular flexibility index (Phi) is 131. The zero-order valence-corrected chi connectivity index (χ0v) is 1.97. The van der Waals surface area contributed by atoms with E-state index in [-0.39, 0.29) is 6.15 Å². The van der Waals surface area contributed by atoms with Crippen molar-refractivity contribution >= 4 is 0 Å². The first-order chi connectivity index (χ1) is 1.41. The number of rotatable bonds is 0. The molecule has 0 saturated carbocycles. The van der Waals surface area contributed by atoms with Gasteiger partial charge in [0.05, 0.1) is 0 Å². The van der Waals surface area contributed by atoms with Crippen molar-refractivity contribution in [2.75, 3.05) is 0 Å². The summed E-state index contributed by atoms with van der Waals surface area (Å²) in [5, 5.41) is 1.00. The Balaban J connectivity index is 0. The lowest BCUT2D eigenvalue weighted by Gasteiger charge is -0.623. The van der Waals surface area contributed by atoms with Crippen molar-refractivity contribution in [3.05, 3.63) is 9.81 Å². The van der Waals surface area contributed by atoms with E-state index in [9.17, 15) is 0 Å². The van der Waals surface area contributed by atoms with Gasteiger partial charge in [-0.3, -0.25) is 0 Å². The van der Waals surface area contributed by atoms with Gasteiger partial charge in [-0.1, -0.05) is 0 Å². The molecule has 24 valence electrons. The zero-order chi connectivity index (χ0) is 2.71. The molecule has 0 saturated heterocycles. The van der Waals surface area contributed by atoms with Gasteiger partial charge in [-0.05, 0) is 0 Å². The summed E-state index contributed by atoms with van der Waals surface area (Å²) in [5.74, 6) is 0. The molecular weight excluding hydrogens is 60.0 g/mol. The van der Waals surface area contributed by atoms with Gasteiger partial charge >= 0.3 is 5.04 Å². The first-order valence-electron chi connectivity index (χ1n) is 0.365. The van der Waals surface area contributed by atoms with E-state index in [2.05, 4.69) is 0 Å². The number of nitroso groups, excluding NO2 is 2. The predicted molar refractivity (Wildman–Crippen MR) is 13.9 cm³/mol. The summed E-state index contributed by atoms with van der Waals surface area (Å²) in [4.78, 5) is 16.0. The third kappa shape index (κ3) is 0.174. The van der Waals surface area contributed by atoms with Crippen LogP contribution in [0.4, 0.5) is 0 Å². The molecule has 4 heteroatoms. The van der Waals surface area contributed by atoms with E-state index in [1.807, 2.05) is 0 Å². The lowest BCUT2D eigenvalue weighted by atomic mass is 13.6. The van der Waals surface area contributed by atoms with Crippen molar-refractivity contribution in [2.45, 2.75) is 0 Å². The van der Waals surface area contributed by atoms with Gasteiger partial charge in [0.2, 0.25) is 9.81 Å². The minimum Gasteiger partial charge on any atom is -0.344 e. The molecule has 0 atom stereocenters. The molecule has 0 amide bonds. The van der Waals surface area contributed by atoms with Crippen LogP contribution in [-0.4, -0.2) is 0 Å². The van der Waals surface area contributed by atoms with Crippen LogP contribution in [0.15, 0.2) is 0 Å². The Labute approximate surface area is 22.3 Å². The van der Waals surface area contributed by atoms with Gasteiger partial charge in [0.1, 0.15) is 0 Å². The molecule has 0 aromatic carbocycles. The molecule has 0 aliphatic heterocycles. The smallest absolute Gasteiger partial charge is 0.344 e. The summed E-state index contributed by atoms with van der Waals surface area (Å²) >= 11 is 0. The SMILES string of the molecule is N.O=[N+]=O. The summed E-state index contributed by atoms with van der Waals surface area (Å²) in [6.07, 6.45) is 0. The van der Waals surface area contributed by atoms with Crippen molar-refractivity contribution in [1.82, 2.24) is 11.2 Å². The van der Waals surface area contributed by atoms with Gasteiger partial charge in [0.15, 0.2) is 0 Å². The molecule has 0 aliphatic rings. The van der Waals surface area contributed by atoms with Crippen LogP contribution in [0.1, 0.15) is 0 Å². The highest BCUT2D eigenvalue weighted by atomic mass is 16.4.